The van der Waals surface area contributed by atoms with Crippen LogP contribution in [0, 0.1) is 17.3 Å². The number of hydrogen-bond acceptors (Lipinski definition) is 4. The first-order valence-electron chi connectivity index (χ1n) is 8.93. The van der Waals surface area contributed by atoms with Gasteiger partial charge in [0.1, 0.15) is 11.2 Å². The average molecular weight is 344 g/mol. The average Bonchev–Trinajstić information content (AvgIpc) is 2.97. The number of rotatable bonds is 6. The normalized spacial score (nSPS) is 30.1. The molecule has 1 N–H and O–H groups in total. The standard InChI is InChI=1S/C19H24N2O4/c1-13(7-15-3-2-6-25-15)8-20-10-16-17(22)21(9-14-4-5-14)12-19(16,11-20)18(23)24/h2-3,6-7,14,16H,4-5,8-12H2,1H3,(H,23,24)/t16-,19-/m0/s1. The molecule has 4 rings (SSSR count). The molecule has 1 aliphatic carbocycles. The van der Waals surface area contributed by atoms with E-state index in [2.05, 4.69) is 4.90 Å². The van der Waals surface area contributed by atoms with Crippen molar-refractivity contribution in [3.05, 3.63) is 29.7 Å². The number of furan rings is 1. The SMILES string of the molecule is CC(=Cc1ccco1)CN1C[C@H]2C(=O)N(CC3CC3)C[C@@]2(C(=O)O)C1. The molecule has 0 bridgehead atoms. The zero-order valence-electron chi connectivity index (χ0n) is 14.5. The number of hydrogen-bond donors (Lipinski definition) is 1. The molecule has 0 unspecified atom stereocenters. The number of amides is 1. The van der Waals surface area contributed by atoms with E-state index in [-0.39, 0.29) is 5.91 Å². The molecule has 25 heavy (non-hydrogen) atoms. The van der Waals surface area contributed by atoms with Crippen molar-refractivity contribution >= 4 is 18.0 Å². The molecular formula is C19H24N2O4. The Morgan fingerprint density at radius 2 is 2.24 bits per heavy atom. The van der Waals surface area contributed by atoms with Crippen LogP contribution >= 0.6 is 0 Å². The summed E-state index contributed by atoms with van der Waals surface area (Å²) in [5.74, 6) is 0.156. The Bertz CT molecular complexity index is 707. The first kappa shape index (κ1) is 16.4. The van der Waals surface area contributed by atoms with Crippen LogP contribution in [-0.2, 0) is 9.59 Å². The lowest BCUT2D eigenvalue weighted by Crippen LogP contribution is -2.41. The summed E-state index contributed by atoms with van der Waals surface area (Å²) in [6.07, 6.45) is 5.92. The molecule has 6 heteroatoms. The molecule has 0 aromatic carbocycles. The first-order valence-corrected chi connectivity index (χ1v) is 8.93. The molecule has 2 aliphatic heterocycles. The van der Waals surface area contributed by atoms with Crippen LogP contribution in [0.4, 0.5) is 0 Å². The van der Waals surface area contributed by atoms with Crippen molar-refractivity contribution in [1.82, 2.24) is 9.80 Å². The van der Waals surface area contributed by atoms with Crippen LogP contribution in [0.3, 0.4) is 0 Å². The molecule has 3 fully saturated rings. The molecule has 6 nitrogen and oxygen atoms in total. The minimum absolute atomic E-state index is 0.0319. The van der Waals surface area contributed by atoms with Crippen LogP contribution in [0.25, 0.3) is 6.08 Å². The zero-order chi connectivity index (χ0) is 17.6. The van der Waals surface area contributed by atoms with Crippen molar-refractivity contribution in [2.45, 2.75) is 19.8 Å². The van der Waals surface area contributed by atoms with Gasteiger partial charge in [0.15, 0.2) is 0 Å². The molecule has 134 valence electrons. The van der Waals surface area contributed by atoms with E-state index >= 15 is 0 Å². The third-order valence-corrected chi connectivity index (χ3v) is 5.70. The number of nitrogens with zero attached hydrogens (tertiary/aromatic N) is 2. The molecule has 1 aromatic heterocycles. The maximum Gasteiger partial charge on any atom is 0.313 e. The number of carboxylic acids is 1. The molecule has 0 radical (unpaired) electrons. The van der Waals surface area contributed by atoms with Gasteiger partial charge in [0, 0.05) is 32.7 Å². The summed E-state index contributed by atoms with van der Waals surface area (Å²) in [5.41, 5.74) is 0.148. The molecule has 3 heterocycles. The van der Waals surface area contributed by atoms with Gasteiger partial charge in [0.25, 0.3) is 0 Å². The third-order valence-electron chi connectivity index (χ3n) is 5.70. The van der Waals surface area contributed by atoms with Gasteiger partial charge in [-0.2, -0.15) is 0 Å². The predicted molar refractivity (Wildman–Crippen MR) is 91.7 cm³/mol. The Labute approximate surface area is 147 Å². The minimum atomic E-state index is -0.947. The summed E-state index contributed by atoms with van der Waals surface area (Å²) in [4.78, 5) is 28.7. The highest BCUT2D eigenvalue weighted by Gasteiger charge is 2.62. The maximum absolute atomic E-state index is 12.8. The molecule has 3 aliphatic rings. The van der Waals surface area contributed by atoms with Crippen LogP contribution in [0.1, 0.15) is 25.5 Å². The second-order valence-corrected chi connectivity index (χ2v) is 7.85. The fourth-order valence-corrected chi connectivity index (χ4v) is 4.31. The molecule has 0 spiro atoms. The van der Waals surface area contributed by atoms with Crippen LogP contribution < -0.4 is 0 Å². The maximum atomic E-state index is 12.8. The molecule has 1 aromatic rings. The smallest absolute Gasteiger partial charge is 0.313 e. The lowest BCUT2D eigenvalue weighted by atomic mass is 9.81. The summed E-state index contributed by atoms with van der Waals surface area (Å²) < 4.78 is 5.33. The number of likely N-dealkylation sites (tertiary alicyclic amines) is 2. The van der Waals surface area contributed by atoms with Crippen molar-refractivity contribution in [1.29, 1.82) is 0 Å². The Morgan fingerprint density at radius 1 is 1.44 bits per heavy atom. The van der Waals surface area contributed by atoms with Gasteiger partial charge in [0.2, 0.25) is 5.91 Å². The predicted octanol–water partition coefficient (Wildman–Crippen LogP) is 1.94. The fraction of sp³-hybridized carbons (Fsp3) is 0.579. The molecule has 1 amide bonds. The van der Waals surface area contributed by atoms with E-state index in [1.807, 2.05) is 25.1 Å². The quantitative estimate of drug-likeness (QED) is 0.854. The summed E-state index contributed by atoms with van der Waals surface area (Å²) in [7, 11) is 0. The zero-order valence-corrected chi connectivity index (χ0v) is 14.5. The topological polar surface area (TPSA) is 74.0 Å². The third kappa shape index (κ3) is 2.99. The van der Waals surface area contributed by atoms with Crippen LogP contribution in [0.15, 0.2) is 28.4 Å². The van der Waals surface area contributed by atoms with Gasteiger partial charge in [-0.05, 0) is 43.9 Å². The van der Waals surface area contributed by atoms with Gasteiger partial charge in [-0.1, -0.05) is 5.57 Å². The highest BCUT2D eigenvalue weighted by atomic mass is 16.4. The second kappa shape index (κ2) is 6.02. The second-order valence-electron chi connectivity index (χ2n) is 7.85. The first-order chi connectivity index (χ1) is 12.0. The van der Waals surface area contributed by atoms with Gasteiger partial charge in [0.05, 0.1) is 12.2 Å². The Balaban J connectivity index is 1.47. The van der Waals surface area contributed by atoms with Gasteiger partial charge >= 0.3 is 5.97 Å². The molecule has 2 saturated heterocycles. The van der Waals surface area contributed by atoms with Crippen molar-refractivity contribution in [3.8, 4) is 0 Å². The Kier molecular flexibility index (Phi) is 3.95. The molecule has 2 atom stereocenters. The van der Waals surface area contributed by atoms with Gasteiger partial charge < -0.3 is 14.4 Å². The van der Waals surface area contributed by atoms with Crippen LogP contribution in [-0.4, -0.2) is 59.5 Å². The van der Waals surface area contributed by atoms with Gasteiger partial charge in [-0.15, -0.1) is 0 Å². The number of fused-ring (bicyclic) bond motifs is 1. The van der Waals surface area contributed by atoms with E-state index in [0.717, 1.165) is 30.7 Å². The Hall–Kier alpha value is -2.08. The summed E-state index contributed by atoms with van der Waals surface area (Å²) in [6, 6.07) is 3.73. The number of carboxylic acid groups (broad SMARTS) is 1. The lowest BCUT2D eigenvalue weighted by Gasteiger charge is -2.25. The highest BCUT2D eigenvalue weighted by molar-refractivity contribution is 5.92. The van der Waals surface area contributed by atoms with E-state index in [9.17, 15) is 14.7 Å². The lowest BCUT2D eigenvalue weighted by molar-refractivity contribution is -0.149. The van der Waals surface area contributed by atoms with Gasteiger partial charge in [-0.25, -0.2) is 0 Å². The van der Waals surface area contributed by atoms with Crippen molar-refractivity contribution in [2.24, 2.45) is 17.3 Å². The van der Waals surface area contributed by atoms with E-state index in [1.165, 1.54) is 0 Å². The number of carbonyl (C=O) groups is 2. The molecular weight excluding hydrogens is 320 g/mol. The van der Waals surface area contributed by atoms with Crippen molar-refractivity contribution in [3.63, 3.8) is 0 Å². The van der Waals surface area contributed by atoms with Crippen LogP contribution in [0.5, 0.6) is 0 Å². The van der Waals surface area contributed by atoms with Crippen molar-refractivity contribution in [2.75, 3.05) is 32.7 Å². The van der Waals surface area contributed by atoms with E-state index < -0.39 is 17.3 Å². The monoisotopic (exact) mass is 344 g/mol. The van der Waals surface area contributed by atoms with Crippen LogP contribution in [0.2, 0.25) is 0 Å². The van der Waals surface area contributed by atoms with E-state index in [0.29, 0.717) is 32.1 Å². The minimum Gasteiger partial charge on any atom is -0.481 e. The Morgan fingerprint density at radius 3 is 2.84 bits per heavy atom. The highest BCUT2D eigenvalue weighted by Crippen LogP contribution is 2.45. The molecule has 1 saturated carbocycles. The summed E-state index contributed by atoms with van der Waals surface area (Å²) in [6.45, 7) is 4.72. The largest absolute Gasteiger partial charge is 0.481 e. The number of carbonyl (C=O) groups excluding carboxylic acids is 1. The summed E-state index contributed by atoms with van der Waals surface area (Å²) >= 11 is 0. The number of aliphatic carboxylic acids is 1. The fourth-order valence-electron chi connectivity index (χ4n) is 4.31. The van der Waals surface area contributed by atoms with E-state index in [1.54, 1.807) is 11.2 Å². The van der Waals surface area contributed by atoms with E-state index in [4.69, 9.17) is 4.42 Å². The van der Waals surface area contributed by atoms with Crippen molar-refractivity contribution < 1.29 is 19.1 Å². The van der Waals surface area contributed by atoms with Gasteiger partial charge in [-0.3, -0.25) is 14.5 Å². The summed E-state index contributed by atoms with van der Waals surface area (Å²) in [5, 5.41) is 9.88.